The molecule has 272 valence electrons. The van der Waals surface area contributed by atoms with Crippen LogP contribution in [0, 0.1) is 0 Å². The summed E-state index contributed by atoms with van der Waals surface area (Å²) in [6.45, 7) is 0. The van der Waals surface area contributed by atoms with E-state index in [4.69, 9.17) is 0 Å². The third kappa shape index (κ3) is 5.32. The minimum Gasteiger partial charge on any atom is -0.310 e. The fraction of sp³-hybridized carbons (Fsp3) is 0.0175. The molecule has 0 unspecified atom stereocenters. The first-order chi connectivity index (χ1) is 30.5. The molecular formula is C57H39N. The molecule has 0 fully saturated rings. The highest BCUT2D eigenvalue weighted by atomic mass is 15.1. The van der Waals surface area contributed by atoms with Crippen molar-refractivity contribution in [1.82, 2.24) is 0 Å². The average molecular weight is 742 g/mol. The number of anilines is 3. The van der Waals surface area contributed by atoms with Gasteiger partial charge in [-0.1, -0.05) is 206 Å². The molecule has 1 aliphatic rings. The van der Waals surface area contributed by atoms with Crippen LogP contribution >= 0.6 is 0 Å². The maximum atomic E-state index is 9.88. The SMILES string of the molecule is [2H]c1c([2H])c(N(c2ccc(-c3cccc4ccccc34)cc2)c2cccc3c2-c2ccccc2C3(c2ccccc2)c2ccccc2)c([2H])c([2H])c1-c1cccc2ccccc12. The highest BCUT2D eigenvalue weighted by molar-refractivity contribution is 6.00. The van der Waals surface area contributed by atoms with E-state index in [0.717, 1.165) is 77.4 Å². The molecule has 11 rings (SSSR count). The Morgan fingerprint density at radius 2 is 0.828 bits per heavy atom. The largest absolute Gasteiger partial charge is 0.310 e. The zero-order chi connectivity index (χ0) is 42.0. The van der Waals surface area contributed by atoms with Gasteiger partial charge in [0.15, 0.2) is 0 Å². The van der Waals surface area contributed by atoms with Crippen LogP contribution in [0.3, 0.4) is 0 Å². The molecule has 0 saturated heterocycles. The quantitative estimate of drug-likeness (QED) is 0.157. The molecule has 10 aromatic rings. The van der Waals surface area contributed by atoms with Crippen molar-refractivity contribution < 1.29 is 5.48 Å². The molecule has 0 bridgehead atoms. The smallest absolute Gasteiger partial charge is 0.0714 e. The van der Waals surface area contributed by atoms with E-state index in [-0.39, 0.29) is 35.4 Å². The van der Waals surface area contributed by atoms with Gasteiger partial charge in [0, 0.05) is 16.9 Å². The molecule has 10 aromatic carbocycles. The number of benzene rings is 10. The Kier molecular flexibility index (Phi) is 7.14. The van der Waals surface area contributed by atoms with E-state index < -0.39 is 5.41 Å². The Bertz CT molecular complexity index is 3260. The molecular weight excluding hydrogens is 699 g/mol. The molecule has 0 heterocycles. The second-order valence-electron chi connectivity index (χ2n) is 14.9. The van der Waals surface area contributed by atoms with Crippen LogP contribution in [0.4, 0.5) is 17.1 Å². The van der Waals surface area contributed by atoms with Crippen molar-refractivity contribution in [2.75, 3.05) is 4.90 Å². The average Bonchev–Trinajstić information content (AvgIpc) is 3.64. The van der Waals surface area contributed by atoms with Crippen LogP contribution in [0.5, 0.6) is 0 Å². The maximum absolute atomic E-state index is 9.88. The zero-order valence-corrected chi connectivity index (χ0v) is 31.7. The molecule has 1 aliphatic carbocycles. The van der Waals surface area contributed by atoms with Crippen molar-refractivity contribution in [3.05, 3.63) is 259 Å². The standard InChI is InChI=1S/C57H39N/c1-3-20-44(21-4-1)57(45-22-5-2-6-23-45)53-29-12-11-26-52(53)56-54(57)30-15-31-55(56)58(46-36-32-42(33-37-46)50-27-13-18-40-16-7-9-24-48(40)50)47-38-34-43(35-39-47)51-28-14-19-41-17-8-10-25-49(41)51/h1-39H/i32D,33D,36D,37D. The lowest BCUT2D eigenvalue weighted by atomic mass is 9.68. The minimum absolute atomic E-state index is 0.0920. The van der Waals surface area contributed by atoms with E-state index in [2.05, 4.69) is 146 Å². The lowest BCUT2D eigenvalue weighted by Gasteiger charge is -2.34. The molecule has 0 aliphatic heterocycles. The molecule has 1 nitrogen and oxygen atoms in total. The topological polar surface area (TPSA) is 3.24 Å². The summed E-state index contributed by atoms with van der Waals surface area (Å²) in [5, 5.41) is 4.15. The third-order valence-electron chi connectivity index (χ3n) is 11.8. The van der Waals surface area contributed by atoms with Gasteiger partial charge in [0.05, 0.1) is 16.6 Å². The number of nitrogens with zero attached hydrogens (tertiary/aromatic N) is 1. The summed E-state index contributed by atoms with van der Waals surface area (Å²) in [6, 6.07) is 72.5. The summed E-state index contributed by atoms with van der Waals surface area (Å²) >= 11 is 0. The van der Waals surface area contributed by atoms with E-state index >= 15 is 0 Å². The van der Waals surface area contributed by atoms with Crippen LogP contribution in [0.15, 0.2) is 236 Å². The number of fused-ring (bicyclic) bond motifs is 5. The van der Waals surface area contributed by atoms with Crippen LogP contribution in [-0.4, -0.2) is 0 Å². The van der Waals surface area contributed by atoms with E-state index in [9.17, 15) is 5.48 Å². The first kappa shape index (κ1) is 29.8. The van der Waals surface area contributed by atoms with Gasteiger partial charge in [-0.3, -0.25) is 0 Å². The van der Waals surface area contributed by atoms with Gasteiger partial charge in [0.2, 0.25) is 0 Å². The van der Waals surface area contributed by atoms with Gasteiger partial charge < -0.3 is 4.90 Å². The Labute approximate surface area is 345 Å². The van der Waals surface area contributed by atoms with Crippen molar-refractivity contribution in [2.24, 2.45) is 0 Å². The van der Waals surface area contributed by atoms with Crippen LogP contribution in [-0.2, 0) is 5.41 Å². The van der Waals surface area contributed by atoms with Gasteiger partial charge in [0.25, 0.3) is 0 Å². The number of hydrogen-bond donors (Lipinski definition) is 0. The number of rotatable bonds is 7. The highest BCUT2D eigenvalue weighted by Crippen LogP contribution is 2.59. The molecule has 0 N–H and O–H groups in total. The second-order valence-corrected chi connectivity index (χ2v) is 14.9. The molecule has 0 radical (unpaired) electrons. The van der Waals surface area contributed by atoms with E-state index in [1.54, 1.807) is 0 Å². The van der Waals surface area contributed by atoms with Gasteiger partial charge in [-0.2, -0.15) is 0 Å². The van der Waals surface area contributed by atoms with Gasteiger partial charge in [0.1, 0.15) is 0 Å². The van der Waals surface area contributed by atoms with Gasteiger partial charge in [-0.05, 0) is 102 Å². The number of hydrogen-bond acceptors (Lipinski definition) is 1. The van der Waals surface area contributed by atoms with E-state index in [1.807, 2.05) is 71.6 Å². The fourth-order valence-corrected chi connectivity index (χ4v) is 9.31. The van der Waals surface area contributed by atoms with Crippen molar-refractivity contribution >= 4 is 38.6 Å². The Hall–Kier alpha value is -7.48. The molecule has 0 spiro atoms. The van der Waals surface area contributed by atoms with Gasteiger partial charge in [-0.25, -0.2) is 0 Å². The zero-order valence-electron chi connectivity index (χ0n) is 35.7. The summed E-state index contributed by atoms with van der Waals surface area (Å²) in [4.78, 5) is 1.96. The monoisotopic (exact) mass is 741 g/mol. The Morgan fingerprint density at radius 1 is 0.345 bits per heavy atom. The Balaban J connectivity index is 1.20. The first-order valence-electron chi connectivity index (χ1n) is 21.8. The van der Waals surface area contributed by atoms with Crippen molar-refractivity contribution in [1.29, 1.82) is 0 Å². The lowest BCUT2D eigenvalue weighted by molar-refractivity contribution is 0.768. The summed E-state index contributed by atoms with van der Waals surface area (Å²) in [5.74, 6) is 0. The fourth-order valence-electron chi connectivity index (χ4n) is 9.31. The van der Waals surface area contributed by atoms with Crippen LogP contribution in [0.2, 0.25) is 0 Å². The molecule has 0 saturated carbocycles. The summed E-state index contributed by atoms with van der Waals surface area (Å²) in [7, 11) is 0. The second kappa shape index (κ2) is 13.9. The maximum Gasteiger partial charge on any atom is 0.0714 e. The minimum atomic E-state index is -0.679. The molecule has 0 amide bonds. The van der Waals surface area contributed by atoms with Gasteiger partial charge in [-0.15, -0.1) is 0 Å². The molecule has 0 atom stereocenters. The summed E-state index contributed by atoms with van der Waals surface area (Å²) in [6.07, 6.45) is 0. The molecule has 58 heavy (non-hydrogen) atoms. The van der Waals surface area contributed by atoms with Crippen molar-refractivity contribution in [2.45, 2.75) is 5.41 Å². The van der Waals surface area contributed by atoms with Crippen LogP contribution in [0.1, 0.15) is 27.7 Å². The predicted molar refractivity (Wildman–Crippen MR) is 244 cm³/mol. The predicted octanol–water partition coefficient (Wildman–Crippen LogP) is 15.2. The van der Waals surface area contributed by atoms with Crippen molar-refractivity contribution in [3.8, 4) is 33.4 Å². The lowest BCUT2D eigenvalue weighted by Crippen LogP contribution is -2.28. The third-order valence-corrected chi connectivity index (χ3v) is 11.8. The van der Waals surface area contributed by atoms with Crippen LogP contribution < -0.4 is 4.90 Å². The summed E-state index contributed by atoms with van der Waals surface area (Å²) < 4.78 is 39.1. The van der Waals surface area contributed by atoms with Gasteiger partial charge >= 0.3 is 0 Å². The van der Waals surface area contributed by atoms with E-state index in [1.165, 1.54) is 0 Å². The summed E-state index contributed by atoms with van der Waals surface area (Å²) in [5.41, 5.74) is 10.6. The van der Waals surface area contributed by atoms with Crippen LogP contribution in [0.25, 0.3) is 54.9 Å². The normalized spacial score (nSPS) is 13.6. The molecule has 1 heteroatoms. The first-order valence-corrected chi connectivity index (χ1v) is 19.8. The Morgan fingerprint density at radius 3 is 1.47 bits per heavy atom. The van der Waals surface area contributed by atoms with Crippen molar-refractivity contribution in [3.63, 3.8) is 0 Å². The van der Waals surface area contributed by atoms with E-state index in [0.29, 0.717) is 5.56 Å². The highest BCUT2D eigenvalue weighted by Gasteiger charge is 2.47. The molecule has 0 aromatic heterocycles.